The Bertz CT molecular complexity index is 338. The lowest BCUT2D eigenvalue weighted by Gasteiger charge is -2.14. The van der Waals surface area contributed by atoms with Crippen molar-refractivity contribution in [3.05, 3.63) is 29.3 Å². The molecule has 0 aliphatic carbocycles. The molecule has 0 heterocycles. The Morgan fingerprint density at radius 2 is 2.27 bits per heavy atom. The first-order chi connectivity index (χ1) is 7.17. The number of hydrogen-bond donors (Lipinski definition) is 1. The van der Waals surface area contributed by atoms with Gasteiger partial charge in [-0.15, -0.1) is 11.6 Å². The van der Waals surface area contributed by atoms with Crippen molar-refractivity contribution in [2.75, 3.05) is 11.2 Å². The normalized spacial score (nSPS) is 12.2. The van der Waals surface area contributed by atoms with Crippen LogP contribution in [0.25, 0.3) is 0 Å². The maximum Gasteiger partial charge on any atom is 0.150 e. The Morgan fingerprint density at radius 3 is 2.80 bits per heavy atom. The van der Waals surface area contributed by atoms with Crippen LogP contribution in [0.4, 0.5) is 5.69 Å². The van der Waals surface area contributed by atoms with Gasteiger partial charge in [-0.2, -0.15) is 0 Å². The maximum absolute atomic E-state index is 10.6. The predicted molar refractivity (Wildman–Crippen MR) is 65.0 cm³/mol. The lowest BCUT2D eigenvalue weighted by molar-refractivity contribution is 0.112. The van der Waals surface area contributed by atoms with E-state index in [-0.39, 0.29) is 0 Å². The van der Waals surface area contributed by atoms with E-state index < -0.39 is 0 Å². The topological polar surface area (TPSA) is 29.1 Å². The molecule has 82 valence electrons. The molecule has 15 heavy (non-hydrogen) atoms. The largest absolute Gasteiger partial charge is 0.383 e. The summed E-state index contributed by atoms with van der Waals surface area (Å²) in [6, 6.07) is 6.08. The molecule has 1 aromatic rings. The Kier molecular flexibility index (Phi) is 4.63. The molecule has 1 unspecified atom stereocenters. The van der Waals surface area contributed by atoms with E-state index in [9.17, 15) is 4.79 Å². The average molecular weight is 226 g/mol. The second-order valence-electron chi connectivity index (χ2n) is 3.71. The highest BCUT2D eigenvalue weighted by atomic mass is 35.5. The van der Waals surface area contributed by atoms with Crippen molar-refractivity contribution in [3.63, 3.8) is 0 Å². The second-order valence-corrected chi connectivity index (χ2v) is 4.09. The summed E-state index contributed by atoms with van der Waals surface area (Å²) in [5.74, 6) is 0.652. The van der Waals surface area contributed by atoms with Crippen LogP contribution in [0.5, 0.6) is 0 Å². The van der Waals surface area contributed by atoms with Crippen molar-refractivity contribution >= 4 is 23.6 Å². The van der Waals surface area contributed by atoms with Crippen LogP contribution in [-0.2, 0) is 0 Å². The SMILES string of the molecule is Cc1cc(NC(C)CCCl)ccc1C=O. The lowest BCUT2D eigenvalue weighted by atomic mass is 10.1. The number of alkyl halides is 1. The van der Waals surface area contributed by atoms with Gasteiger partial charge < -0.3 is 5.32 Å². The first kappa shape index (κ1) is 12.1. The van der Waals surface area contributed by atoms with Gasteiger partial charge in [0.1, 0.15) is 6.29 Å². The third-order valence-corrected chi connectivity index (χ3v) is 2.57. The van der Waals surface area contributed by atoms with Crippen molar-refractivity contribution in [2.24, 2.45) is 0 Å². The van der Waals surface area contributed by atoms with Gasteiger partial charge in [-0.3, -0.25) is 4.79 Å². The quantitative estimate of drug-likeness (QED) is 0.616. The number of carbonyl (C=O) groups excluding carboxylic acids is 1. The minimum atomic E-state index is 0.351. The van der Waals surface area contributed by atoms with Crippen molar-refractivity contribution < 1.29 is 4.79 Å². The standard InChI is InChI=1S/C12H16ClNO/c1-9-7-12(4-3-11(9)8-15)14-10(2)5-6-13/h3-4,7-8,10,14H,5-6H2,1-2H3. The molecule has 0 radical (unpaired) electrons. The molecule has 1 atom stereocenters. The second kappa shape index (κ2) is 5.76. The minimum Gasteiger partial charge on any atom is -0.383 e. The molecule has 0 amide bonds. The van der Waals surface area contributed by atoms with Crippen LogP contribution < -0.4 is 5.32 Å². The average Bonchev–Trinajstić information content (AvgIpc) is 2.18. The molecule has 3 heteroatoms. The molecule has 1 N–H and O–H groups in total. The monoisotopic (exact) mass is 225 g/mol. The molecule has 0 saturated heterocycles. The fourth-order valence-corrected chi connectivity index (χ4v) is 1.75. The van der Waals surface area contributed by atoms with Gasteiger partial charge in [0.25, 0.3) is 0 Å². The van der Waals surface area contributed by atoms with E-state index in [1.54, 1.807) is 0 Å². The molecule has 0 fully saturated rings. The molecular formula is C12H16ClNO. The van der Waals surface area contributed by atoms with Gasteiger partial charge in [-0.05, 0) is 44.0 Å². The van der Waals surface area contributed by atoms with Crippen LogP contribution in [0.15, 0.2) is 18.2 Å². The first-order valence-electron chi connectivity index (χ1n) is 5.05. The molecule has 0 aliphatic heterocycles. The summed E-state index contributed by atoms with van der Waals surface area (Å²) in [4.78, 5) is 10.6. The van der Waals surface area contributed by atoms with Gasteiger partial charge in [0.2, 0.25) is 0 Å². The highest BCUT2D eigenvalue weighted by Crippen LogP contribution is 2.15. The Balaban J connectivity index is 2.70. The van der Waals surface area contributed by atoms with E-state index in [1.165, 1.54) is 0 Å². The van der Waals surface area contributed by atoms with E-state index in [4.69, 9.17) is 11.6 Å². The van der Waals surface area contributed by atoms with E-state index in [1.807, 2.05) is 25.1 Å². The highest BCUT2D eigenvalue weighted by molar-refractivity contribution is 6.17. The summed E-state index contributed by atoms with van der Waals surface area (Å²) >= 11 is 5.66. The summed E-state index contributed by atoms with van der Waals surface area (Å²) in [5, 5.41) is 3.33. The number of halogens is 1. The Hall–Kier alpha value is -1.02. The van der Waals surface area contributed by atoms with Crippen LogP contribution >= 0.6 is 11.6 Å². The van der Waals surface area contributed by atoms with Gasteiger partial charge in [0, 0.05) is 23.2 Å². The first-order valence-corrected chi connectivity index (χ1v) is 5.59. The lowest BCUT2D eigenvalue weighted by Crippen LogP contribution is -2.15. The van der Waals surface area contributed by atoms with Crippen LogP contribution in [0.1, 0.15) is 29.3 Å². The van der Waals surface area contributed by atoms with Crippen LogP contribution in [0.3, 0.4) is 0 Å². The van der Waals surface area contributed by atoms with E-state index in [0.29, 0.717) is 11.9 Å². The molecule has 0 bridgehead atoms. The highest BCUT2D eigenvalue weighted by Gasteiger charge is 2.02. The fourth-order valence-electron chi connectivity index (χ4n) is 1.42. The van der Waals surface area contributed by atoms with Crippen molar-refractivity contribution in [1.82, 2.24) is 0 Å². The number of benzene rings is 1. The van der Waals surface area contributed by atoms with Crippen LogP contribution in [-0.4, -0.2) is 18.2 Å². The number of rotatable bonds is 5. The summed E-state index contributed by atoms with van der Waals surface area (Å²) in [5.41, 5.74) is 2.77. The zero-order chi connectivity index (χ0) is 11.3. The van der Waals surface area contributed by atoms with Crippen molar-refractivity contribution in [2.45, 2.75) is 26.3 Å². The van der Waals surface area contributed by atoms with Gasteiger partial charge in [-0.25, -0.2) is 0 Å². The molecule has 1 aromatic carbocycles. The molecule has 0 spiro atoms. The summed E-state index contributed by atoms with van der Waals surface area (Å²) < 4.78 is 0. The number of anilines is 1. The number of aryl methyl sites for hydroxylation is 1. The van der Waals surface area contributed by atoms with E-state index in [2.05, 4.69) is 12.2 Å². The Morgan fingerprint density at radius 1 is 1.53 bits per heavy atom. The smallest absolute Gasteiger partial charge is 0.150 e. The summed E-state index contributed by atoms with van der Waals surface area (Å²) in [6.45, 7) is 4.02. The molecule has 0 aromatic heterocycles. The third kappa shape index (κ3) is 3.56. The molecular weight excluding hydrogens is 210 g/mol. The van der Waals surface area contributed by atoms with Crippen molar-refractivity contribution in [3.8, 4) is 0 Å². The third-order valence-electron chi connectivity index (χ3n) is 2.35. The number of hydrogen-bond acceptors (Lipinski definition) is 2. The molecule has 2 nitrogen and oxygen atoms in total. The van der Waals surface area contributed by atoms with Gasteiger partial charge >= 0.3 is 0 Å². The summed E-state index contributed by atoms with van der Waals surface area (Å²) in [6.07, 6.45) is 1.80. The predicted octanol–water partition coefficient (Wildman–Crippen LogP) is 3.24. The maximum atomic E-state index is 10.6. The fraction of sp³-hybridized carbons (Fsp3) is 0.417. The van der Waals surface area contributed by atoms with Crippen molar-refractivity contribution in [1.29, 1.82) is 0 Å². The zero-order valence-corrected chi connectivity index (χ0v) is 9.84. The van der Waals surface area contributed by atoms with Crippen LogP contribution in [0.2, 0.25) is 0 Å². The van der Waals surface area contributed by atoms with Gasteiger partial charge in [0.15, 0.2) is 0 Å². The van der Waals surface area contributed by atoms with E-state index in [0.717, 1.165) is 29.5 Å². The molecule has 1 rings (SSSR count). The van der Waals surface area contributed by atoms with Gasteiger partial charge in [-0.1, -0.05) is 0 Å². The molecule has 0 saturated carbocycles. The number of aldehydes is 1. The minimum absolute atomic E-state index is 0.351. The summed E-state index contributed by atoms with van der Waals surface area (Å²) in [7, 11) is 0. The van der Waals surface area contributed by atoms with Crippen LogP contribution in [0, 0.1) is 6.92 Å². The van der Waals surface area contributed by atoms with Gasteiger partial charge in [0.05, 0.1) is 0 Å². The Labute approximate surface area is 95.6 Å². The molecule has 0 aliphatic rings. The van der Waals surface area contributed by atoms with E-state index >= 15 is 0 Å². The zero-order valence-electron chi connectivity index (χ0n) is 9.09. The number of carbonyl (C=O) groups is 1. The number of nitrogens with one attached hydrogen (secondary N) is 1.